The van der Waals surface area contributed by atoms with E-state index in [-0.39, 0.29) is 0 Å². The van der Waals surface area contributed by atoms with Gasteiger partial charge in [0, 0.05) is 6.07 Å². The molecule has 0 bridgehead atoms. The Bertz CT molecular complexity index is 523. The number of nitrogens with two attached hydrogens (primary N) is 1. The van der Waals surface area contributed by atoms with Crippen LogP contribution in [-0.4, -0.2) is 14.2 Å². The Morgan fingerprint density at radius 3 is 1.89 bits per heavy atom. The fraction of sp³-hybridized carbons (Fsp3) is 0.143. The lowest BCUT2D eigenvalue weighted by atomic mass is 10.2. The van der Waals surface area contributed by atoms with Crippen LogP contribution in [0, 0.1) is 0 Å². The summed E-state index contributed by atoms with van der Waals surface area (Å²) < 4.78 is 15.8. The van der Waals surface area contributed by atoms with Crippen LogP contribution >= 0.6 is 0 Å². The second kappa shape index (κ2) is 5.31. The molecular formula is C14H15NO3. The van der Waals surface area contributed by atoms with Crippen molar-refractivity contribution >= 4 is 5.69 Å². The van der Waals surface area contributed by atoms with Crippen molar-refractivity contribution in [1.29, 1.82) is 0 Å². The van der Waals surface area contributed by atoms with E-state index in [1.54, 1.807) is 32.4 Å². The molecule has 0 saturated heterocycles. The minimum Gasteiger partial charge on any atom is -0.497 e. The van der Waals surface area contributed by atoms with Gasteiger partial charge in [0.1, 0.15) is 17.2 Å². The molecule has 0 aliphatic heterocycles. The number of benzene rings is 2. The van der Waals surface area contributed by atoms with Crippen LogP contribution in [0.15, 0.2) is 42.5 Å². The minimum absolute atomic E-state index is 0.533. The van der Waals surface area contributed by atoms with Crippen LogP contribution in [0.1, 0.15) is 0 Å². The second-order valence-corrected chi connectivity index (χ2v) is 3.68. The van der Waals surface area contributed by atoms with E-state index in [2.05, 4.69) is 0 Å². The van der Waals surface area contributed by atoms with Gasteiger partial charge >= 0.3 is 0 Å². The molecule has 0 saturated carbocycles. The summed E-state index contributed by atoms with van der Waals surface area (Å²) >= 11 is 0. The molecule has 4 nitrogen and oxygen atoms in total. The van der Waals surface area contributed by atoms with Crippen molar-refractivity contribution in [3.63, 3.8) is 0 Å². The molecule has 2 aromatic carbocycles. The van der Waals surface area contributed by atoms with E-state index < -0.39 is 0 Å². The molecule has 0 aliphatic rings. The highest BCUT2D eigenvalue weighted by atomic mass is 16.5. The number of hydrogen-bond donors (Lipinski definition) is 1. The number of anilines is 1. The van der Waals surface area contributed by atoms with Crippen molar-refractivity contribution in [1.82, 2.24) is 0 Å². The largest absolute Gasteiger partial charge is 0.497 e. The van der Waals surface area contributed by atoms with Gasteiger partial charge in [0.25, 0.3) is 0 Å². The lowest BCUT2D eigenvalue weighted by molar-refractivity contribution is 0.411. The van der Waals surface area contributed by atoms with Crippen molar-refractivity contribution in [2.75, 3.05) is 20.0 Å². The lowest BCUT2D eigenvalue weighted by Crippen LogP contribution is -1.93. The third-order valence-corrected chi connectivity index (χ3v) is 2.50. The molecule has 0 aliphatic carbocycles. The molecule has 0 fully saturated rings. The summed E-state index contributed by atoms with van der Waals surface area (Å²) in [6.07, 6.45) is 0. The van der Waals surface area contributed by atoms with Crippen LogP contribution in [0.4, 0.5) is 5.69 Å². The third-order valence-electron chi connectivity index (χ3n) is 2.50. The molecule has 2 aromatic rings. The SMILES string of the molecule is COc1ccc(Oc2ccc(OC)cc2N)cc1. The molecule has 0 unspecified atom stereocenters. The Morgan fingerprint density at radius 2 is 1.33 bits per heavy atom. The summed E-state index contributed by atoms with van der Waals surface area (Å²) in [6.45, 7) is 0. The Balaban J connectivity index is 2.17. The van der Waals surface area contributed by atoms with Crippen LogP contribution in [0.3, 0.4) is 0 Å². The van der Waals surface area contributed by atoms with E-state index in [0.29, 0.717) is 22.9 Å². The quantitative estimate of drug-likeness (QED) is 0.841. The number of methoxy groups -OCH3 is 2. The topological polar surface area (TPSA) is 53.7 Å². The van der Waals surface area contributed by atoms with Crippen molar-refractivity contribution in [3.05, 3.63) is 42.5 Å². The fourth-order valence-corrected chi connectivity index (χ4v) is 1.52. The first-order valence-corrected chi connectivity index (χ1v) is 5.48. The molecule has 2 N–H and O–H groups in total. The van der Waals surface area contributed by atoms with Crippen molar-refractivity contribution < 1.29 is 14.2 Å². The summed E-state index contributed by atoms with van der Waals surface area (Å²) in [5.41, 5.74) is 6.40. The molecule has 0 atom stereocenters. The third kappa shape index (κ3) is 2.66. The van der Waals surface area contributed by atoms with Crippen molar-refractivity contribution in [2.24, 2.45) is 0 Å². The van der Waals surface area contributed by atoms with Crippen LogP contribution in [0.2, 0.25) is 0 Å². The summed E-state index contributed by atoms with van der Waals surface area (Å²) in [7, 11) is 3.22. The highest BCUT2D eigenvalue weighted by molar-refractivity contribution is 5.57. The number of nitrogen functional groups attached to an aromatic ring is 1. The summed E-state index contributed by atoms with van der Waals surface area (Å²) in [5.74, 6) is 2.79. The van der Waals surface area contributed by atoms with Crippen molar-refractivity contribution in [2.45, 2.75) is 0 Å². The molecular weight excluding hydrogens is 230 g/mol. The summed E-state index contributed by atoms with van der Waals surface area (Å²) in [5, 5.41) is 0. The van der Waals surface area contributed by atoms with E-state index >= 15 is 0 Å². The smallest absolute Gasteiger partial charge is 0.150 e. The standard InChI is InChI=1S/C14H15NO3/c1-16-10-3-5-11(6-4-10)18-14-8-7-12(17-2)9-13(14)15/h3-9H,15H2,1-2H3. The first kappa shape index (κ1) is 12.1. The van der Waals surface area contributed by atoms with Gasteiger partial charge in [0.05, 0.1) is 19.9 Å². The van der Waals surface area contributed by atoms with Crippen LogP contribution < -0.4 is 19.9 Å². The first-order valence-electron chi connectivity index (χ1n) is 5.48. The van der Waals surface area contributed by atoms with E-state index in [1.807, 2.05) is 24.3 Å². The highest BCUT2D eigenvalue weighted by Gasteiger charge is 2.04. The van der Waals surface area contributed by atoms with Gasteiger partial charge in [-0.25, -0.2) is 0 Å². The molecule has 0 spiro atoms. The monoisotopic (exact) mass is 245 g/mol. The zero-order chi connectivity index (χ0) is 13.0. The Kier molecular flexibility index (Phi) is 3.57. The average molecular weight is 245 g/mol. The van der Waals surface area contributed by atoms with Crippen molar-refractivity contribution in [3.8, 4) is 23.0 Å². The van der Waals surface area contributed by atoms with E-state index in [4.69, 9.17) is 19.9 Å². The number of rotatable bonds is 4. The Hall–Kier alpha value is -2.36. The molecule has 2 rings (SSSR count). The average Bonchev–Trinajstić information content (AvgIpc) is 2.42. The predicted molar refractivity (Wildman–Crippen MR) is 70.5 cm³/mol. The molecule has 4 heteroatoms. The van der Waals surface area contributed by atoms with Gasteiger partial charge in [0.2, 0.25) is 0 Å². The van der Waals surface area contributed by atoms with Gasteiger partial charge in [0.15, 0.2) is 5.75 Å². The predicted octanol–water partition coefficient (Wildman–Crippen LogP) is 3.08. The zero-order valence-electron chi connectivity index (χ0n) is 10.3. The molecule has 18 heavy (non-hydrogen) atoms. The molecule has 0 radical (unpaired) electrons. The van der Waals surface area contributed by atoms with E-state index in [1.165, 1.54) is 0 Å². The maximum absolute atomic E-state index is 5.87. The second-order valence-electron chi connectivity index (χ2n) is 3.68. The number of ether oxygens (including phenoxy) is 3. The van der Waals surface area contributed by atoms with E-state index in [9.17, 15) is 0 Å². The van der Waals surface area contributed by atoms with Crippen LogP contribution in [-0.2, 0) is 0 Å². The van der Waals surface area contributed by atoms with Gasteiger partial charge in [-0.3, -0.25) is 0 Å². The molecule has 0 amide bonds. The van der Waals surface area contributed by atoms with Gasteiger partial charge in [-0.1, -0.05) is 0 Å². The van der Waals surface area contributed by atoms with Gasteiger partial charge < -0.3 is 19.9 Å². The van der Waals surface area contributed by atoms with Crippen LogP contribution in [0.25, 0.3) is 0 Å². The normalized spacial score (nSPS) is 9.89. The Labute approximate surface area is 106 Å². The summed E-state index contributed by atoms with van der Waals surface area (Å²) in [4.78, 5) is 0. The zero-order valence-corrected chi connectivity index (χ0v) is 10.3. The lowest BCUT2D eigenvalue weighted by Gasteiger charge is -2.10. The first-order chi connectivity index (χ1) is 8.72. The Morgan fingerprint density at radius 1 is 0.778 bits per heavy atom. The minimum atomic E-state index is 0.533. The summed E-state index contributed by atoms with van der Waals surface area (Å²) in [6, 6.07) is 12.6. The van der Waals surface area contributed by atoms with Gasteiger partial charge in [-0.05, 0) is 36.4 Å². The molecule has 94 valence electrons. The van der Waals surface area contributed by atoms with Crippen LogP contribution in [0.5, 0.6) is 23.0 Å². The fourth-order valence-electron chi connectivity index (χ4n) is 1.52. The van der Waals surface area contributed by atoms with Gasteiger partial charge in [-0.2, -0.15) is 0 Å². The maximum atomic E-state index is 5.87. The molecule has 0 aromatic heterocycles. The highest BCUT2D eigenvalue weighted by Crippen LogP contribution is 2.31. The van der Waals surface area contributed by atoms with Gasteiger partial charge in [-0.15, -0.1) is 0 Å². The maximum Gasteiger partial charge on any atom is 0.150 e. The number of hydrogen-bond acceptors (Lipinski definition) is 4. The molecule has 0 heterocycles. The van der Waals surface area contributed by atoms with E-state index in [0.717, 1.165) is 5.75 Å².